The molecule has 1 aromatic carbocycles. The first-order valence-electron chi connectivity index (χ1n) is 3.67. The summed E-state index contributed by atoms with van der Waals surface area (Å²) in [7, 11) is 0. The Hall–Kier alpha value is 1.10. The molecular weight excluding hydrogens is 430 g/mol. The summed E-state index contributed by atoms with van der Waals surface area (Å²) in [6.45, 7) is 1.86. The molecule has 0 saturated heterocycles. The van der Waals surface area contributed by atoms with E-state index in [9.17, 15) is 0 Å². The maximum atomic E-state index is 3.58. The zero-order valence-corrected chi connectivity index (χ0v) is 12.8. The average Bonchev–Trinajstić information content (AvgIpc) is 2.59. The molecule has 1 N–H and O–H groups in total. The number of nitrogens with one attached hydrogen (secondary N) is 1. The van der Waals surface area contributed by atoms with Gasteiger partial charge >= 0.3 is 0 Å². The van der Waals surface area contributed by atoms with Crippen LogP contribution in [0.5, 0.6) is 0 Å². The minimum atomic E-state index is 0.931. The van der Waals surface area contributed by atoms with Gasteiger partial charge in [0.25, 0.3) is 0 Å². The van der Waals surface area contributed by atoms with Gasteiger partial charge in [0.1, 0.15) is 0 Å². The number of hydrogen-bond acceptors (Lipinski definition) is 1. The van der Waals surface area contributed by atoms with Gasteiger partial charge < -0.3 is 5.32 Å². The molecule has 0 saturated carbocycles. The zero-order chi connectivity index (χ0) is 9.59. The van der Waals surface area contributed by atoms with Crippen LogP contribution >= 0.6 is 63.7 Å². The van der Waals surface area contributed by atoms with Crippen molar-refractivity contribution in [2.45, 2.75) is 13.1 Å². The lowest BCUT2D eigenvalue weighted by atomic mass is 10.1. The minimum absolute atomic E-state index is 0.931. The van der Waals surface area contributed by atoms with Crippen LogP contribution in [0.1, 0.15) is 11.1 Å². The largest absolute Gasteiger partial charge is 0.309 e. The van der Waals surface area contributed by atoms with Crippen molar-refractivity contribution in [1.29, 1.82) is 0 Å². The fraction of sp³-hybridized carbons (Fsp3) is 0.250. The van der Waals surface area contributed by atoms with Crippen molar-refractivity contribution in [3.63, 3.8) is 0 Å². The molecule has 0 aromatic heterocycles. The van der Waals surface area contributed by atoms with Crippen molar-refractivity contribution in [2.24, 2.45) is 0 Å². The average molecular weight is 435 g/mol. The van der Waals surface area contributed by atoms with Crippen molar-refractivity contribution in [3.05, 3.63) is 29.0 Å². The second kappa shape index (κ2) is 3.93. The fourth-order valence-corrected chi connectivity index (χ4v) is 3.97. The number of fused-ring (bicyclic) bond motifs is 1. The van der Waals surface area contributed by atoms with Crippen LogP contribution in [0.15, 0.2) is 17.9 Å². The normalized spacial score (nSPS) is 14.8. The summed E-state index contributed by atoms with van der Waals surface area (Å²) < 4.78 is 4.42. The van der Waals surface area contributed by atoms with Gasteiger partial charge in [-0.15, -0.1) is 0 Å². The highest BCUT2D eigenvalue weighted by molar-refractivity contribution is 9.15. The second-order valence-corrected chi connectivity index (χ2v) is 5.99. The van der Waals surface area contributed by atoms with Crippen molar-refractivity contribution in [3.8, 4) is 0 Å². The smallest absolute Gasteiger partial charge is 0.0474 e. The molecule has 0 bridgehead atoms. The molecule has 1 aliphatic rings. The molecule has 0 atom stereocenters. The van der Waals surface area contributed by atoms with Crippen molar-refractivity contribution >= 4 is 63.7 Å². The van der Waals surface area contributed by atoms with Gasteiger partial charge in [-0.2, -0.15) is 0 Å². The molecule has 0 spiro atoms. The molecule has 0 amide bonds. The van der Waals surface area contributed by atoms with Crippen LogP contribution in [0, 0.1) is 0 Å². The maximum absolute atomic E-state index is 3.58. The van der Waals surface area contributed by atoms with E-state index in [-0.39, 0.29) is 0 Å². The van der Waals surface area contributed by atoms with E-state index in [1.54, 1.807) is 0 Å². The summed E-state index contributed by atoms with van der Waals surface area (Å²) in [5, 5.41) is 3.32. The predicted octanol–water partition coefficient (Wildman–Crippen LogP) is 4.34. The molecule has 0 fully saturated rings. The molecule has 2 rings (SSSR count). The Labute approximate surface area is 110 Å². The molecule has 1 heterocycles. The Morgan fingerprint density at radius 1 is 0.692 bits per heavy atom. The quantitative estimate of drug-likeness (QED) is 0.473. The van der Waals surface area contributed by atoms with Crippen LogP contribution in [0.25, 0.3) is 0 Å². The van der Waals surface area contributed by atoms with Gasteiger partial charge in [-0.25, -0.2) is 0 Å². The molecule has 5 heteroatoms. The van der Waals surface area contributed by atoms with E-state index in [1.165, 1.54) is 11.1 Å². The van der Waals surface area contributed by atoms with Gasteiger partial charge in [0.2, 0.25) is 0 Å². The SMILES string of the molecule is Brc1c(Br)c(Br)c2c(c1Br)CNC2. The van der Waals surface area contributed by atoms with E-state index in [1.807, 2.05) is 0 Å². The summed E-state index contributed by atoms with van der Waals surface area (Å²) in [6, 6.07) is 0. The van der Waals surface area contributed by atoms with E-state index >= 15 is 0 Å². The third-order valence-corrected chi connectivity index (χ3v) is 7.01. The molecule has 0 unspecified atom stereocenters. The van der Waals surface area contributed by atoms with E-state index in [0.29, 0.717) is 0 Å². The van der Waals surface area contributed by atoms with E-state index in [0.717, 1.165) is 31.0 Å². The summed E-state index contributed by atoms with van der Waals surface area (Å²) in [6.07, 6.45) is 0. The molecule has 0 aliphatic carbocycles. The second-order valence-electron chi connectivity index (χ2n) is 2.82. The van der Waals surface area contributed by atoms with E-state index < -0.39 is 0 Å². The number of benzene rings is 1. The summed E-state index contributed by atoms with van der Waals surface area (Å²) in [5.74, 6) is 0. The Kier molecular flexibility index (Phi) is 3.21. The first kappa shape index (κ1) is 10.6. The first-order chi connectivity index (χ1) is 6.13. The Bertz CT molecular complexity index is 340. The van der Waals surface area contributed by atoms with Gasteiger partial charge in [0.05, 0.1) is 0 Å². The topological polar surface area (TPSA) is 12.0 Å². The maximum Gasteiger partial charge on any atom is 0.0474 e. The van der Waals surface area contributed by atoms with Crippen LogP contribution in [-0.4, -0.2) is 0 Å². The number of rotatable bonds is 0. The lowest BCUT2D eigenvalue weighted by Crippen LogP contribution is -2.00. The van der Waals surface area contributed by atoms with Crippen molar-refractivity contribution in [2.75, 3.05) is 0 Å². The Morgan fingerprint density at radius 2 is 1.08 bits per heavy atom. The van der Waals surface area contributed by atoms with Crippen LogP contribution in [0.2, 0.25) is 0 Å². The van der Waals surface area contributed by atoms with Gasteiger partial charge in [-0.1, -0.05) is 0 Å². The Balaban J connectivity index is 2.77. The van der Waals surface area contributed by atoms with Crippen LogP contribution in [-0.2, 0) is 13.1 Å². The minimum Gasteiger partial charge on any atom is -0.309 e. The molecular formula is C8H5Br4N. The molecule has 70 valence electrons. The molecule has 1 nitrogen and oxygen atoms in total. The van der Waals surface area contributed by atoms with Gasteiger partial charge in [-0.05, 0) is 74.8 Å². The highest BCUT2D eigenvalue weighted by atomic mass is 79.9. The van der Waals surface area contributed by atoms with Gasteiger partial charge in [0.15, 0.2) is 0 Å². The third kappa shape index (κ3) is 1.67. The number of halogens is 4. The third-order valence-electron chi connectivity index (χ3n) is 2.08. The summed E-state index contributed by atoms with van der Waals surface area (Å²) >= 11 is 14.2. The van der Waals surface area contributed by atoms with Crippen LogP contribution in [0.4, 0.5) is 0 Å². The molecule has 13 heavy (non-hydrogen) atoms. The fourth-order valence-electron chi connectivity index (χ4n) is 1.40. The van der Waals surface area contributed by atoms with Crippen molar-refractivity contribution in [1.82, 2.24) is 5.32 Å². The predicted molar refractivity (Wildman–Crippen MR) is 67.8 cm³/mol. The molecule has 1 aromatic rings. The van der Waals surface area contributed by atoms with Gasteiger partial charge in [-0.3, -0.25) is 0 Å². The van der Waals surface area contributed by atoms with Crippen LogP contribution in [0.3, 0.4) is 0 Å². The summed E-state index contributed by atoms with van der Waals surface area (Å²) in [4.78, 5) is 0. The monoisotopic (exact) mass is 431 g/mol. The highest BCUT2D eigenvalue weighted by Gasteiger charge is 2.21. The van der Waals surface area contributed by atoms with Gasteiger partial charge in [0, 0.05) is 31.0 Å². The lowest BCUT2D eigenvalue weighted by Gasteiger charge is -2.09. The zero-order valence-electron chi connectivity index (χ0n) is 6.43. The Morgan fingerprint density at radius 3 is 1.46 bits per heavy atom. The standard InChI is InChI=1S/C8H5Br4N/c9-5-3-1-13-2-4(3)6(10)8(12)7(5)11/h13H,1-2H2. The molecule has 1 aliphatic heterocycles. The van der Waals surface area contributed by atoms with Crippen molar-refractivity contribution < 1.29 is 0 Å². The summed E-state index contributed by atoms with van der Waals surface area (Å²) in [5.41, 5.74) is 2.67. The first-order valence-corrected chi connectivity index (χ1v) is 6.84. The number of hydrogen-bond donors (Lipinski definition) is 1. The van der Waals surface area contributed by atoms with E-state index in [4.69, 9.17) is 0 Å². The highest BCUT2D eigenvalue weighted by Crippen LogP contribution is 2.43. The van der Waals surface area contributed by atoms with E-state index in [2.05, 4.69) is 69.0 Å². The lowest BCUT2D eigenvalue weighted by molar-refractivity contribution is 0.763. The molecule has 0 radical (unpaired) electrons. The van der Waals surface area contributed by atoms with Crippen LogP contribution < -0.4 is 5.32 Å².